The van der Waals surface area contributed by atoms with Gasteiger partial charge in [-0.05, 0) is 0 Å². The molecule has 0 aliphatic heterocycles. The maximum atomic E-state index is 11.3. The van der Waals surface area contributed by atoms with Gasteiger partial charge in [-0.25, -0.2) is 0 Å². The van der Waals surface area contributed by atoms with E-state index in [1.54, 1.807) is 24.3 Å². The van der Waals surface area contributed by atoms with Gasteiger partial charge in [0.25, 0.3) is 0 Å². The zero-order valence-corrected chi connectivity index (χ0v) is 13.2. The molecule has 0 bridgehead atoms. The molecular weight excluding hydrogens is 371 g/mol. The molecule has 1 N–H and O–H groups in total. The van der Waals surface area contributed by atoms with Gasteiger partial charge in [0, 0.05) is 0 Å². The van der Waals surface area contributed by atoms with E-state index in [0.29, 0.717) is 11.3 Å². The second kappa shape index (κ2) is 5.09. The molecule has 14 heavy (non-hydrogen) atoms. The minimum absolute atomic E-state index is 0.0405. The van der Waals surface area contributed by atoms with Crippen LogP contribution in [0, 0.1) is 0 Å². The van der Waals surface area contributed by atoms with Crippen molar-refractivity contribution in [2.45, 2.75) is 6.92 Å². The van der Waals surface area contributed by atoms with Crippen molar-refractivity contribution in [2.24, 2.45) is 0 Å². The Morgan fingerprint density at radius 1 is 1.36 bits per heavy atom. The van der Waals surface area contributed by atoms with Gasteiger partial charge in [0.2, 0.25) is 0 Å². The molecule has 0 heterocycles. The molecule has 0 atom stereocenters. The van der Waals surface area contributed by atoms with Crippen molar-refractivity contribution < 1.29 is 38.8 Å². The Hall–Kier alpha value is -0.905. The topological polar surface area (TPSA) is 55.4 Å². The number of carbonyl (C=O) groups is 2. The van der Waals surface area contributed by atoms with Crippen LogP contribution in [0.3, 0.4) is 0 Å². The zero-order valence-electron chi connectivity index (χ0n) is 7.74. The average Bonchev–Trinajstić information content (AvgIpc) is 2.16. The number of anilines is 1. The Morgan fingerprint density at radius 2 is 2.00 bits per heavy atom. The van der Waals surface area contributed by atoms with Gasteiger partial charge in [0.05, 0.1) is 0 Å². The van der Waals surface area contributed by atoms with Gasteiger partial charge >= 0.3 is 98.4 Å². The van der Waals surface area contributed by atoms with Crippen LogP contribution in [0.2, 0.25) is 0 Å². The van der Waals surface area contributed by atoms with Gasteiger partial charge in [-0.3, -0.25) is 0 Å². The number of hydrogen-bond acceptors (Lipinski definition) is 3. The van der Waals surface area contributed by atoms with Crippen molar-refractivity contribution in [2.75, 3.05) is 5.32 Å². The van der Waals surface area contributed by atoms with Gasteiger partial charge < -0.3 is 0 Å². The molecule has 5 heteroatoms. The van der Waals surface area contributed by atoms with Crippen LogP contribution in [-0.2, 0) is 34.0 Å². The predicted octanol–water partition coefficient (Wildman–Crippen LogP) is 1.26. The summed E-state index contributed by atoms with van der Waals surface area (Å²) in [6, 6.07) is 6.77. The number of hydrogen-bond donors (Lipinski definition) is 1. The number of amides is 1. The molecule has 0 unspecified atom stereocenters. The van der Waals surface area contributed by atoms with Crippen molar-refractivity contribution >= 4 is 17.6 Å². The fourth-order valence-corrected chi connectivity index (χ4v) is 1.64. The maximum absolute atomic E-state index is 11.3. The Kier molecular flexibility index (Phi) is 4.07. The second-order valence-electron chi connectivity index (χ2n) is 2.66. The van der Waals surface area contributed by atoms with E-state index in [-0.39, 0.29) is 38.5 Å². The van der Waals surface area contributed by atoms with Crippen LogP contribution in [0.15, 0.2) is 24.3 Å². The summed E-state index contributed by atoms with van der Waals surface area (Å²) in [4.78, 5) is 22.1. The quantitative estimate of drug-likeness (QED) is 0.788. The third kappa shape index (κ3) is 2.80. The van der Waals surface area contributed by atoms with Crippen molar-refractivity contribution in [3.63, 3.8) is 0 Å². The Morgan fingerprint density at radius 3 is 2.57 bits per heavy atom. The summed E-state index contributed by atoms with van der Waals surface area (Å²) in [5.41, 5.74) is 0.896. The molecule has 0 radical (unpaired) electrons. The normalized spacial score (nSPS) is 9.36. The third-order valence-corrected chi connectivity index (χ3v) is 2.61. The molecule has 1 rings (SSSR count). The van der Waals surface area contributed by atoms with E-state index >= 15 is 0 Å². The first kappa shape index (κ1) is 11.2. The molecule has 0 spiro atoms. The number of para-hydroxylation sites is 1. The van der Waals surface area contributed by atoms with Gasteiger partial charge in [-0.1, -0.05) is 0 Å². The van der Waals surface area contributed by atoms with Gasteiger partial charge in [-0.15, -0.1) is 0 Å². The van der Waals surface area contributed by atoms with Crippen LogP contribution in [0.4, 0.5) is 5.69 Å². The van der Waals surface area contributed by atoms with E-state index in [9.17, 15) is 9.59 Å². The molecule has 0 aliphatic carbocycles. The SMILES string of the molecule is CC(=O)Nc1ccccc1C(=O)[O][Hg]. The minimum atomic E-state index is -0.377. The first-order valence-corrected chi connectivity index (χ1v) is 6.22. The van der Waals surface area contributed by atoms with Crippen LogP contribution in [0.1, 0.15) is 17.3 Å². The fraction of sp³-hybridized carbons (Fsp3) is 0.111. The summed E-state index contributed by atoms with van der Waals surface area (Å²) in [5, 5.41) is 2.57. The van der Waals surface area contributed by atoms with Gasteiger partial charge in [0.1, 0.15) is 0 Å². The van der Waals surface area contributed by atoms with E-state index in [1.807, 2.05) is 0 Å². The average molecular weight is 379 g/mol. The molecule has 0 saturated carbocycles. The predicted molar refractivity (Wildman–Crippen MR) is 46.2 cm³/mol. The van der Waals surface area contributed by atoms with Crippen LogP contribution in [-0.4, -0.2) is 11.9 Å². The van der Waals surface area contributed by atoms with Crippen LogP contribution >= 0.6 is 0 Å². The number of carbonyl (C=O) groups excluding carboxylic acids is 2. The zero-order chi connectivity index (χ0) is 10.6. The standard InChI is InChI=1S/C9H9NO3.Hg/c1-6(11)10-8-5-3-2-4-7(8)9(12)13;/h2-5H,1H3,(H,10,11)(H,12,13);/q;+1/p-1. The van der Waals surface area contributed by atoms with E-state index < -0.39 is 0 Å². The summed E-state index contributed by atoms with van der Waals surface area (Å²) in [7, 11) is 0. The number of nitrogens with one attached hydrogen (secondary N) is 1. The summed E-state index contributed by atoms with van der Waals surface area (Å²) >= 11 is -0.0405. The van der Waals surface area contributed by atoms with Gasteiger partial charge in [0.15, 0.2) is 0 Å². The first-order valence-electron chi connectivity index (χ1n) is 3.98. The van der Waals surface area contributed by atoms with E-state index in [1.165, 1.54) is 6.92 Å². The molecule has 69 valence electrons. The van der Waals surface area contributed by atoms with E-state index in [4.69, 9.17) is 2.64 Å². The Labute approximate surface area is 98.3 Å². The van der Waals surface area contributed by atoms with Gasteiger partial charge in [-0.2, -0.15) is 0 Å². The molecule has 0 aromatic heterocycles. The summed E-state index contributed by atoms with van der Waals surface area (Å²) in [6.45, 7) is 1.40. The molecular formula is C9H8HgNO3. The summed E-state index contributed by atoms with van der Waals surface area (Å²) in [5.74, 6) is -0.582. The first-order chi connectivity index (χ1) is 6.65. The van der Waals surface area contributed by atoms with E-state index in [0.717, 1.165) is 0 Å². The monoisotopic (exact) mass is 380 g/mol. The number of rotatable bonds is 2. The Balaban J connectivity index is 3.02. The fourth-order valence-electron chi connectivity index (χ4n) is 1.04. The van der Waals surface area contributed by atoms with Crippen molar-refractivity contribution in [1.29, 1.82) is 0 Å². The van der Waals surface area contributed by atoms with E-state index in [2.05, 4.69) is 5.32 Å². The molecule has 4 nitrogen and oxygen atoms in total. The van der Waals surface area contributed by atoms with Crippen LogP contribution in [0.5, 0.6) is 0 Å². The molecule has 0 saturated heterocycles. The third-order valence-electron chi connectivity index (χ3n) is 1.59. The summed E-state index contributed by atoms with van der Waals surface area (Å²) in [6.07, 6.45) is 0. The molecule has 0 fully saturated rings. The van der Waals surface area contributed by atoms with Crippen molar-refractivity contribution in [3.05, 3.63) is 29.8 Å². The van der Waals surface area contributed by atoms with Crippen LogP contribution in [0.25, 0.3) is 0 Å². The summed E-state index contributed by atoms with van der Waals surface area (Å²) < 4.78 is 4.76. The number of benzene rings is 1. The molecule has 1 amide bonds. The molecule has 1 aromatic carbocycles. The van der Waals surface area contributed by atoms with Crippen LogP contribution < -0.4 is 5.32 Å². The second-order valence-corrected chi connectivity index (χ2v) is 3.78. The van der Waals surface area contributed by atoms with Crippen molar-refractivity contribution in [3.8, 4) is 0 Å². The molecule has 0 aliphatic rings. The molecule has 1 aromatic rings. The van der Waals surface area contributed by atoms with Crippen molar-refractivity contribution in [1.82, 2.24) is 0 Å². The Bertz CT molecular complexity index is 365.